The second-order valence-electron chi connectivity index (χ2n) is 7.98. The van der Waals surface area contributed by atoms with Crippen molar-refractivity contribution in [2.75, 3.05) is 13.1 Å². The molecule has 0 fully saturated rings. The van der Waals surface area contributed by atoms with Crippen LogP contribution >= 0.6 is 0 Å². The summed E-state index contributed by atoms with van der Waals surface area (Å²) in [5, 5.41) is 3.06. The van der Waals surface area contributed by atoms with Gasteiger partial charge < -0.3 is 14.6 Å². The van der Waals surface area contributed by atoms with Crippen LogP contribution in [0.4, 0.5) is 0 Å². The zero-order chi connectivity index (χ0) is 21.5. The van der Waals surface area contributed by atoms with E-state index in [1.165, 1.54) is 0 Å². The van der Waals surface area contributed by atoms with Crippen molar-refractivity contribution in [1.82, 2.24) is 19.8 Å². The minimum atomic E-state index is -0.0217. The summed E-state index contributed by atoms with van der Waals surface area (Å²) in [6, 6.07) is 18.4. The summed E-state index contributed by atoms with van der Waals surface area (Å²) in [6.45, 7) is 10.7. The van der Waals surface area contributed by atoms with Crippen LogP contribution in [0.2, 0.25) is 0 Å². The average Bonchev–Trinajstić information content (AvgIpc) is 3.07. The lowest BCUT2D eigenvalue weighted by atomic mass is 10.2. The molecule has 1 N–H and O–H groups in total. The number of aromatic nitrogens is 2. The smallest absolute Gasteiger partial charge is 0.240 e. The van der Waals surface area contributed by atoms with Gasteiger partial charge in [-0.25, -0.2) is 4.98 Å². The van der Waals surface area contributed by atoms with Crippen LogP contribution in [0.25, 0.3) is 11.0 Å². The molecule has 3 rings (SSSR count). The Hall–Kier alpha value is -2.86. The van der Waals surface area contributed by atoms with Crippen LogP contribution in [-0.2, 0) is 17.9 Å². The molecule has 6 heteroatoms. The third kappa shape index (κ3) is 5.60. The molecule has 1 amide bonds. The number of hydrogen-bond acceptors (Lipinski definition) is 4. The summed E-state index contributed by atoms with van der Waals surface area (Å²) in [4.78, 5) is 19.7. The van der Waals surface area contributed by atoms with Crippen LogP contribution in [0.3, 0.4) is 0 Å². The van der Waals surface area contributed by atoms with E-state index < -0.39 is 0 Å². The Morgan fingerprint density at radius 2 is 1.70 bits per heavy atom. The average molecular weight is 409 g/mol. The summed E-state index contributed by atoms with van der Waals surface area (Å²) in [5.74, 6) is 1.50. The second kappa shape index (κ2) is 10.3. The van der Waals surface area contributed by atoms with E-state index in [1.54, 1.807) is 0 Å². The van der Waals surface area contributed by atoms with Crippen molar-refractivity contribution in [3.63, 3.8) is 0 Å². The van der Waals surface area contributed by atoms with E-state index in [2.05, 4.69) is 42.9 Å². The molecule has 0 spiro atoms. The van der Waals surface area contributed by atoms with E-state index in [1.807, 2.05) is 59.2 Å². The first-order chi connectivity index (χ1) is 14.5. The molecule has 0 radical (unpaired) electrons. The van der Waals surface area contributed by atoms with Crippen molar-refractivity contribution in [2.24, 2.45) is 0 Å². The summed E-state index contributed by atoms with van der Waals surface area (Å²) >= 11 is 0. The van der Waals surface area contributed by atoms with Crippen molar-refractivity contribution >= 4 is 16.9 Å². The van der Waals surface area contributed by atoms with Gasteiger partial charge in [-0.3, -0.25) is 9.69 Å². The number of carbonyl (C=O) groups excluding carboxylic acids is 1. The highest BCUT2D eigenvalue weighted by Gasteiger charge is 2.16. The van der Waals surface area contributed by atoms with Gasteiger partial charge in [0, 0.05) is 25.2 Å². The number of nitrogens with zero attached hydrogens (tertiary/aromatic N) is 3. The Labute approximate surface area is 178 Å². The normalized spacial score (nSPS) is 11.6. The molecule has 0 saturated heterocycles. The van der Waals surface area contributed by atoms with E-state index in [4.69, 9.17) is 4.74 Å². The molecule has 0 aliphatic rings. The molecule has 0 aliphatic heterocycles. The van der Waals surface area contributed by atoms with Gasteiger partial charge in [0.15, 0.2) is 0 Å². The SMILES string of the molecule is CC(C)N(CCNC(=O)Cn1c(COc2ccccc2)nc2ccccc21)C(C)C. The zero-order valence-electron chi connectivity index (χ0n) is 18.3. The minimum Gasteiger partial charge on any atom is -0.486 e. The predicted octanol–water partition coefficient (Wildman–Crippen LogP) is 3.85. The predicted molar refractivity (Wildman–Crippen MR) is 120 cm³/mol. The number of amides is 1. The number of benzene rings is 2. The van der Waals surface area contributed by atoms with E-state index in [0.29, 0.717) is 25.2 Å². The van der Waals surface area contributed by atoms with Gasteiger partial charge in [0.05, 0.1) is 11.0 Å². The number of fused-ring (bicyclic) bond motifs is 1. The lowest BCUT2D eigenvalue weighted by Crippen LogP contribution is -2.43. The largest absolute Gasteiger partial charge is 0.486 e. The highest BCUT2D eigenvalue weighted by Crippen LogP contribution is 2.18. The number of carbonyl (C=O) groups is 1. The molecule has 6 nitrogen and oxygen atoms in total. The van der Waals surface area contributed by atoms with Crippen LogP contribution in [0, 0.1) is 0 Å². The van der Waals surface area contributed by atoms with Gasteiger partial charge in [0.1, 0.15) is 24.7 Å². The Bertz CT molecular complexity index is 942. The Balaban J connectivity index is 1.67. The second-order valence-corrected chi connectivity index (χ2v) is 7.98. The van der Waals surface area contributed by atoms with Crippen molar-refractivity contribution < 1.29 is 9.53 Å². The molecule has 2 aromatic carbocycles. The first kappa shape index (κ1) is 21.8. The van der Waals surface area contributed by atoms with Gasteiger partial charge in [-0.15, -0.1) is 0 Å². The maximum absolute atomic E-state index is 12.7. The lowest BCUT2D eigenvalue weighted by molar-refractivity contribution is -0.121. The highest BCUT2D eigenvalue weighted by atomic mass is 16.5. The van der Waals surface area contributed by atoms with E-state index in [-0.39, 0.29) is 12.5 Å². The van der Waals surface area contributed by atoms with E-state index in [9.17, 15) is 4.79 Å². The first-order valence-electron chi connectivity index (χ1n) is 10.6. The molecule has 0 unspecified atom stereocenters. The van der Waals surface area contributed by atoms with Crippen molar-refractivity contribution in [3.8, 4) is 5.75 Å². The maximum atomic E-state index is 12.7. The van der Waals surface area contributed by atoms with Crippen LogP contribution < -0.4 is 10.1 Å². The van der Waals surface area contributed by atoms with Gasteiger partial charge in [-0.2, -0.15) is 0 Å². The molecule has 0 aliphatic carbocycles. The molecule has 1 heterocycles. The Kier molecular flexibility index (Phi) is 7.46. The number of ether oxygens (including phenoxy) is 1. The van der Waals surface area contributed by atoms with E-state index in [0.717, 1.165) is 29.2 Å². The van der Waals surface area contributed by atoms with Crippen molar-refractivity contribution in [2.45, 2.75) is 52.9 Å². The van der Waals surface area contributed by atoms with Gasteiger partial charge in [0.2, 0.25) is 5.91 Å². The lowest BCUT2D eigenvalue weighted by Gasteiger charge is -2.30. The molecule has 160 valence electrons. The molecule has 0 saturated carbocycles. The number of imidazole rings is 1. The minimum absolute atomic E-state index is 0.0217. The summed E-state index contributed by atoms with van der Waals surface area (Å²) in [5.41, 5.74) is 1.80. The van der Waals surface area contributed by atoms with Gasteiger partial charge in [-0.05, 0) is 52.0 Å². The number of rotatable bonds is 10. The molecule has 0 bridgehead atoms. The Morgan fingerprint density at radius 3 is 2.40 bits per heavy atom. The standard InChI is InChI=1S/C24H32N4O2/c1-18(2)27(19(3)4)15-14-25-24(29)16-28-22-13-9-8-12-21(22)26-23(28)17-30-20-10-6-5-7-11-20/h5-13,18-19H,14-17H2,1-4H3,(H,25,29). The van der Waals surface area contributed by atoms with Gasteiger partial charge in [0.25, 0.3) is 0 Å². The van der Waals surface area contributed by atoms with Gasteiger partial charge in [-0.1, -0.05) is 30.3 Å². The molecule has 0 atom stereocenters. The van der Waals surface area contributed by atoms with Gasteiger partial charge >= 0.3 is 0 Å². The molecular weight excluding hydrogens is 376 g/mol. The summed E-state index contributed by atoms with van der Waals surface area (Å²) < 4.78 is 7.83. The fraction of sp³-hybridized carbons (Fsp3) is 0.417. The summed E-state index contributed by atoms with van der Waals surface area (Å²) in [6.07, 6.45) is 0. The topological polar surface area (TPSA) is 59.4 Å². The summed E-state index contributed by atoms with van der Waals surface area (Å²) in [7, 11) is 0. The number of nitrogens with one attached hydrogen (secondary N) is 1. The van der Waals surface area contributed by atoms with Crippen molar-refractivity contribution in [3.05, 3.63) is 60.4 Å². The number of hydrogen-bond donors (Lipinski definition) is 1. The fourth-order valence-electron chi connectivity index (χ4n) is 3.71. The van der Waals surface area contributed by atoms with Crippen molar-refractivity contribution in [1.29, 1.82) is 0 Å². The zero-order valence-corrected chi connectivity index (χ0v) is 18.3. The van der Waals surface area contributed by atoms with Crippen LogP contribution in [-0.4, -0.2) is 45.5 Å². The molecule has 30 heavy (non-hydrogen) atoms. The molecular formula is C24H32N4O2. The maximum Gasteiger partial charge on any atom is 0.240 e. The number of para-hydroxylation sites is 3. The molecule has 1 aromatic heterocycles. The first-order valence-corrected chi connectivity index (χ1v) is 10.6. The van der Waals surface area contributed by atoms with E-state index >= 15 is 0 Å². The third-order valence-corrected chi connectivity index (χ3v) is 5.17. The molecule has 3 aromatic rings. The fourth-order valence-corrected chi connectivity index (χ4v) is 3.71. The van der Waals surface area contributed by atoms with Crippen LogP contribution in [0.15, 0.2) is 54.6 Å². The Morgan fingerprint density at radius 1 is 1.03 bits per heavy atom. The monoisotopic (exact) mass is 408 g/mol. The van der Waals surface area contributed by atoms with Crippen LogP contribution in [0.5, 0.6) is 5.75 Å². The third-order valence-electron chi connectivity index (χ3n) is 5.17. The highest BCUT2D eigenvalue weighted by molar-refractivity contribution is 5.81. The van der Waals surface area contributed by atoms with Crippen LogP contribution in [0.1, 0.15) is 33.5 Å². The quantitative estimate of drug-likeness (QED) is 0.554.